The number of ether oxygens (including phenoxy) is 3. The molecule has 0 bridgehead atoms. The second-order valence-corrected chi connectivity index (χ2v) is 5.86. The molecule has 0 aromatic heterocycles. The largest absolute Gasteiger partial charge is 0.497 e. The van der Waals surface area contributed by atoms with Gasteiger partial charge in [0.15, 0.2) is 6.61 Å². The molecule has 2 rings (SSSR count). The Labute approximate surface area is 176 Å². The maximum atomic E-state index is 11.9. The number of carbonyl (C=O) groups excluding carboxylic acids is 3. The topological polar surface area (TPSA) is 146 Å². The van der Waals surface area contributed by atoms with E-state index >= 15 is 0 Å². The molecule has 0 saturated carbocycles. The van der Waals surface area contributed by atoms with E-state index in [2.05, 4.69) is 10.9 Å². The molecule has 0 heterocycles. The van der Waals surface area contributed by atoms with E-state index in [1.165, 1.54) is 32.4 Å². The minimum absolute atomic E-state index is 0.0954. The van der Waals surface area contributed by atoms with Crippen molar-refractivity contribution in [2.24, 2.45) is 0 Å². The van der Waals surface area contributed by atoms with Crippen molar-refractivity contribution in [3.05, 3.63) is 69.8 Å². The van der Waals surface area contributed by atoms with Gasteiger partial charge in [0.25, 0.3) is 17.5 Å². The van der Waals surface area contributed by atoms with Crippen LogP contribution in [0, 0.1) is 10.1 Å². The van der Waals surface area contributed by atoms with Crippen molar-refractivity contribution in [3.63, 3.8) is 0 Å². The number of rotatable bonds is 8. The fourth-order valence-corrected chi connectivity index (χ4v) is 2.28. The van der Waals surface area contributed by atoms with Crippen LogP contribution >= 0.6 is 0 Å². The number of nitrogens with one attached hydrogen (secondary N) is 2. The Bertz CT molecular complexity index is 1000. The number of amides is 2. The summed E-state index contributed by atoms with van der Waals surface area (Å²) in [4.78, 5) is 45.5. The molecule has 2 amide bonds. The predicted molar refractivity (Wildman–Crippen MR) is 108 cm³/mol. The smallest absolute Gasteiger partial charge is 0.331 e. The predicted octanol–water partition coefficient (Wildman–Crippen LogP) is 1.63. The third-order valence-electron chi connectivity index (χ3n) is 3.84. The Kier molecular flexibility index (Phi) is 8.08. The first kappa shape index (κ1) is 22.9. The Morgan fingerprint density at radius 2 is 1.74 bits per heavy atom. The molecule has 11 heteroatoms. The van der Waals surface area contributed by atoms with Crippen molar-refractivity contribution in [1.82, 2.24) is 10.9 Å². The highest BCUT2D eigenvalue weighted by Crippen LogP contribution is 2.25. The van der Waals surface area contributed by atoms with Crippen molar-refractivity contribution in [1.29, 1.82) is 0 Å². The van der Waals surface area contributed by atoms with Gasteiger partial charge in [-0.05, 0) is 36.4 Å². The molecule has 0 aliphatic carbocycles. The number of non-ortho nitro benzene ring substituents is 1. The first-order valence-electron chi connectivity index (χ1n) is 8.74. The van der Waals surface area contributed by atoms with Gasteiger partial charge in [-0.1, -0.05) is 0 Å². The maximum absolute atomic E-state index is 11.9. The lowest BCUT2D eigenvalue weighted by Gasteiger charge is -2.08. The van der Waals surface area contributed by atoms with Crippen LogP contribution in [-0.4, -0.2) is 43.5 Å². The molecular formula is C20H19N3O8. The number of nitro benzene ring substituents is 1. The molecule has 0 spiro atoms. The van der Waals surface area contributed by atoms with Crippen molar-refractivity contribution in [2.75, 3.05) is 20.8 Å². The second kappa shape index (κ2) is 11.0. The summed E-state index contributed by atoms with van der Waals surface area (Å²) >= 11 is 0. The lowest BCUT2D eigenvalue weighted by molar-refractivity contribution is -0.384. The minimum Gasteiger partial charge on any atom is -0.497 e. The summed E-state index contributed by atoms with van der Waals surface area (Å²) in [5, 5.41) is 10.6. The molecule has 31 heavy (non-hydrogen) atoms. The van der Waals surface area contributed by atoms with E-state index < -0.39 is 29.3 Å². The summed E-state index contributed by atoms with van der Waals surface area (Å²) in [6.07, 6.45) is 2.55. The highest BCUT2D eigenvalue weighted by molar-refractivity contribution is 5.96. The van der Waals surface area contributed by atoms with Crippen LogP contribution in [0.2, 0.25) is 0 Å². The van der Waals surface area contributed by atoms with Crippen LogP contribution in [0.25, 0.3) is 6.08 Å². The van der Waals surface area contributed by atoms with Crippen LogP contribution in [0.15, 0.2) is 48.5 Å². The molecule has 0 saturated heterocycles. The van der Waals surface area contributed by atoms with E-state index in [0.717, 1.165) is 18.2 Å². The summed E-state index contributed by atoms with van der Waals surface area (Å²) in [5.41, 5.74) is 4.67. The van der Waals surface area contributed by atoms with E-state index in [1.54, 1.807) is 18.2 Å². The van der Waals surface area contributed by atoms with Crippen molar-refractivity contribution < 1.29 is 33.5 Å². The standard InChI is InChI=1S/C20H19N3O8/c1-29-16-8-9-17(30-2)14(11-16)5-10-19(25)31-12-18(24)21-22-20(26)13-3-6-15(7-4-13)23(27)28/h3-11H,12H2,1-2H3,(H,21,24)(H,22,26)/b10-5+. The van der Waals surface area contributed by atoms with Crippen LogP contribution in [-0.2, 0) is 14.3 Å². The average Bonchev–Trinajstić information content (AvgIpc) is 2.79. The normalized spacial score (nSPS) is 10.3. The number of esters is 1. The fraction of sp³-hybridized carbons (Fsp3) is 0.150. The maximum Gasteiger partial charge on any atom is 0.331 e. The zero-order valence-corrected chi connectivity index (χ0v) is 16.6. The molecule has 0 atom stereocenters. The minimum atomic E-state index is -0.790. The van der Waals surface area contributed by atoms with E-state index in [-0.39, 0.29) is 11.3 Å². The van der Waals surface area contributed by atoms with Crippen molar-refractivity contribution in [3.8, 4) is 11.5 Å². The first-order valence-corrected chi connectivity index (χ1v) is 8.74. The Balaban J connectivity index is 1.81. The monoisotopic (exact) mass is 429 g/mol. The summed E-state index contributed by atoms with van der Waals surface area (Å²) < 4.78 is 15.1. The molecule has 11 nitrogen and oxygen atoms in total. The van der Waals surface area contributed by atoms with Gasteiger partial charge in [0.1, 0.15) is 11.5 Å². The fourth-order valence-electron chi connectivity index (χ4n) is 2.28. The van der Waals surface area contributed by atoms with E-state index in [0.29, 0.717) is 17.1 Å². The SMILES string of the molecule is COc1ccc(OC)c(/C=C/C(=O)OCC(=O)NNC(=O)c2ccc([N+](=O)[O-])cc2)c1. The molecule has 0 aliphatic heterocycles. The summed E-state index contributed by atoms with van der Waals surface area (Å²) in [7, 11) is 2.98. The third-order valence-corrected chi connectivity index (χ3v) is 3.84. The molecule has 2 aromatic carbocycles. The molecule has 2 N–H and O–H groups in total. The van der Waals surface area contributed by atoms with Crippen LogP contribution < -0.4 is 20.3 Å². The highest BCUT2D eigenvalue weighted by atomic mass is 16.6. The molecule has 0 fully saturated rings. The summed E-state index contributed by atoms with van der Waals surface area (Å²) in [6.45, 7) is -0.640. The summed E-state index contributed by atoms with van der Waals surface area (Å²) in [5.74, 6) is -1.19. The van der Waals surface area contributed by atoms with Gasteiger partial charge in [-0.15, -0.1) is 0 Å². The van der Waals surface area contributed by atoms with E-state index in [1.807, 2.05) is 0 Å². The van der Waals surface area contributed by atoms with Gasteiger partial charge in [-0.3, -0.25) is 30.6 Å². The molecule has 0 radical (unpaired) electrons. The number of carbonyl (C=O) groups is 3. The zero-order valence-electron chi connectivity index (χ0n) is 16.6. The van der Waals surface area contributed by atoms with E-state index in [4.69, 9.17) is 14.2 Å². The molecule has 0 unspecified atom stereocenters. The number of hydrogen-bond donors (Lipinski definition) is 2. The zero-order chi connectivity index (χ0) is 22.8. The number of hydrogen-bond acceptors (Lipinski definition) is 8. The van der Waals surface area contributed by atoms with Crippen LogP contribution in [0.3, 0.4) is 0 Å². The third kappa shape index (κ3) is 6.85. The first-order chi connectivity index (χ1) is 14.8. The lowest BCUT2D eigenvalue weighted by Crippen LogP contribution is -2.43. The quantitative estimate of drug-likeness (QED) is 0.279. The van der Waals surface area contributed by atoms with Crippen molar-refractivity contribution >= 4 is 29.5 Å². The lowest BCUT2D eigenvalue weighted by atomic mass is 10.1. The van der Waals surface area contributed by atoms with Gasteiger partial charge >= 0.3 is 5.97 Å². The Morgan fingerprint density at radius 3 is 2.35 bits per heavy atom. The van der Waals surface area contributed by atoms with Crippen LogP contribution in [0.4, 0.5) is 5.69 Å². The van der Waals surface area contributed by atoms with Crippen LogP contribution in [0.5, 0.6) is 11.5 Å². The number of nitrogens with zero attached hydrogens (tertiary/aromatic N) is 1. The van der Waals surface area contributed by atoms with Crippen LogP contribution in [0.1, 0.15) is 15.9 Å². The second-order valence-electron chi connectivity index (χ2n) is 5.86. The molecule has 2 aromatic rings. The number of benzene rings is 2. The molecular weight excluding hydrogens is 410 g/mol. The number of hydrazine groups is 1. The van der Waals surface area contributed by atoms with Gasteiger partial charge in [0.05, 0.1) is 19.1 Å². The average molecular weight is 429 g/mol. The Morgan fingerprint density at radius 1 is 1.03 bits per heavy atom. The van der Waals surface area contributed by atoms with Gasteiger partial charge < -0.3 is 14.2 Å². The van der Waals surface area contributed by atoms with Gasteiger partial charge in [0.2, 0.25) is 0 Å². The molecule has 162 valence electrons. The van der Waals surface area contributed by atoms with Gasteiger partial charge in [-0.25, -0.2) is 4.79 Å². The highest BCUT2D eigenvalue weighted by Gasteiger charge is 2.11. The summed E-state index contributed by atoms with van der Waals surface area (Å²) in [6, 6.07) is 9.80. The van der Waals surface area contributed by atoms with Crippen molar-refractivity contribution in [2.45, 2.75) is 0 Å². The number of nitro groups is 1. The molecule has 0 aliphatic rings. The van der Waals surface area contributed by atoms with Gasteiger partial charge in [-0.2, -0.15) is 0 Å². The Hall–Kier alpha value is -4.41. The number of methoxy groups -OCH3 is 2. The van der Waals surface area contributed by atoms with Gasteiger partial charge in [0, 0.05) is 29.3 Å². The van der Waals surface area contributed by atoms with E-state index in [9.17, 15) is 24.5 Å².